The Kier molecular flexibility index (Phi) is 20.5. The van der Waals surface area contributed by atoms with Gasteiger partial charge in [0.1, 0.15) is 6.10 Å². The number of ether oxygens (including phenoxy) is 4. The predicted octanol–water partition coefficient (Wildman–Crippen LogP) is 5.77. The van der Waals surface area contributed by atoms with Gasteiger partial charge in [0.2, 0.25) is 0 Å². The molecular formula is C44H76O11. The summed E-state index contributed by atoms with van der Waals surface area (Å²) in [5.41, 5.74) is 0. The number of hydrogen-bond donors (Lipinski definition) is 6. The molecule has 2 bridgehead atoms. The Bertz CT molecular complexity index is 1190. The second-order valence-electron chi connectivity index (χ2n) is 17.1. The van der Waals surface area contributed by atoms with Crippen LogP contribution in [0.1, 0.15) is 125 Å². The number of aliphatic hydroxyl groups excluding tert-OH is 6. The van der Waals surface area contributed by atoms with Gasteiger partial charge < -0.3 is 49.6 Å². The van der Waals surface area contributed by atoms with Crippen LogP contribution in [0, 0.1) is 35.5 Å². The highest BCUT2D eigenvalue weighted by molar-refractivity contribution is 5.82. The van der Waals surface area contributed by atoms with Crippen molar-refractivity contribution >= 4 is 5.97 Å². The number of aliphatic hydroxyl groups is 6. The van der Waals surface area contributed by atoms with Crippen molar-refractivity contribution in [1.82, 2.24) is 0 Å². The molecule has 2 fully saturated rings. The van der Waals surface area contributed by atoms with E-state index in [0.29, 0.717) is 51.4 Å². The third kappa shape index (κ3) is 14.9. The number of carbonyl (C=O) groups excluding carboxylic acids is 1. The Morgan fingerprint density at radius 2 is 1.62 bits per heavy atom. The second kappa shape index (κ2) is 23.7. The molecule has 3 aliphatic rings. The van der Waals surface area contributed by atoms with Crippen molar-refractivity contribution in [3.05, 3.63) is 36.5 Å². The number of rotatable bonds is 7. The zero-order valence-electron chi connectivity index (χ0n) is 34.7. The molecule has 55 heavy (non-hydrogen) atoms. The Morgan fingerprint density at radius 3 is 2.27 bits per heavy atom. The molecule has 2 saturated heterocycles. The van der Waals surface area contributed by atoms with E-state index < -0.39 is 72.2 Å². The molecule has 0 aromatic carbocycles. The summed E-state index contributed by atoms with van der Waals surface area (Å²) >= 11 is 0. The van der Waals surface area contributed by atoms with E-state index in [1.54, 1.807) is 26.8 Å². The fraction of sp³-hybridized carbons (Fsp3) is 0.841. The Labute approximate surface area is 331 Å². The first-order valence-corrected chi connectivity index (χ1v) is 21.2. The molecule has 11 nitrogen and oxygen atoms in total. The van der Waals surface area contributed by atoms with Gasteiger partial charge in [0.15, 0.2) is 5.79 Å². The largest absolute Gasteiger partial charge is 0.459 e. The molecule has 16 atom stereocenters. The van der Waals surface area contributed by atoms with E-state index in [-0.39, 0.29) is 49.4 Å². The van der Waals surface area contributed by atoms with Crippen LogP contribution in [0.3, 0.4) is 0 Å². The van der Waals surface area contributed by atoms with Crippen LogP contribution in [-0.2, 0) is 23.7 Å². The molecule has 0 saturated carbocycles. The van der Waals surface area contributed by atoms with E-state index >= 15 is 0 Å². The molecule has 0 radical (unpaired) electrons. The SMILES string of the molecule is CC[C@H]1C=CC=CCC[C@@H](O)[C@@H](C)[C@@H](O)C[C@@H](OC)C[C@@H](O)[C@H](C)[C@H](O)[C@@H](C)C=CC(=O)O[C@H]2C[C@@]3(CC[C@H](C)[C@H](C[C@@H](C)O)O3)O[C@@H](CC1)[C@H]2CCCO. The maximum Gasteiger partial charge on any atom is 0.330 e. The molecule has 0 amide bonds. The molecule has 3 rings (SSSR count). The second-order valence-corrected chi connectivity index (χ2v) is 17.1. The molecule has 3 aliphatic heterocycles. The van der Waals surface area contributed by atoms with Gasteiger partial charge in [-0.1, -0.05) is 65.0 Å². The molecule has 0 aromatic rings. The normalized spacial score (nSPS) is 41.5. The number of fused-ring (bicyclic) bond motifs is 2. The van der Waals surface area contributed by atoms with Gasteiger partial charge in [0.05, 0.1) is 48.8 Å². The van der Waals surface area contributed by atoms with Crippen LogP contribution in [0.5, 0.6) is 0 Å². The van der Waals surface area contributed by atoms with Crippen molar-refractivity contribution in [2.45, 2.75) is 186 Å². The minimum absolute atomic E-state index is 0.00710. The molecule has 0 unspecified atom stereocenters. The quantitative estimate of drug-likeness (QED) is 0.173. The van der Waals surface area contributed by atoms with E-state index in [9.17, 15) is 35.4 Å². The van der Waals surface area contributed by atoms with Crippen molar-refractivity contribution in [2.24, 2.45) is 35.5 Å². The zero-order chi connectivity index (χ0) is 40.7. The summed E-state index contributed by atoms with van der Waals surface area (Å²) in [6.07, 6.45) is 13.1. The van der Waals surface area contributed by atoms with E-state index in [4.69, 9.17) is 18.9 Å². The predicted molar refractivity (Wildman–Crippen MR) is 213 cm³/mol. The average molecular weight is 781 g/mol. The molecule has 318 valence electrons. The van der Waals surface area contributed by atoms with Crippen LogP contribution in [0.4, 0.5) is 0 Å². The molecule has 0 aliphatic carbocycles. The molecular weight excluding hydrogens is 704 g/mol. The van der Waals surface area contributed by atoms with Gasteiger partial charge in [-0.25, -0.2) is 4.79 Å². The summed E-state index contributed by atoms with van der Waals surface area (Å²) in [5, 5.41) is 64.3. The van der Waals surface area contributed by atoms with E-state index in [0.717, 1.165) is 19.3 Å². The van der Waals surface area contributed by atoms with Crippen molar-refractivity contribution in [3.63, 3.8) is 0 Å². The molecule has 6 N–H and O–H groups in total. The number of allylic oxidation sites excluding steroid dienone is 4. The first-order valence-electron chi connectivity index (χ1n) is 21.2. The topological polar surface area (TPSA) is 175 Å². The number of methoxy groups -OCH3 is 1. The standard InChI is InChI=1S/C44H76O11/c1-8-33-14-11-9-10-12-16-36(47)31(5)37(48)25-34(52-7)26-38(49)32(6)43(51)29(3)17-20-42(50)53-41-27-44(22-21-28(2)40(55-44)24-30(4)46)54-39(19-18-33)35(41)15-13-23-45/h9-11,14,17,20,28-41,43,45-49,51H,8,12-13,15-16,18-19,21-27H2,1-7H3/t28-,29-,30+,31+,32-,33-,34+,35+,36+,37-,38+,39-,40-,41-,43+,44-/m0/s1. The van der Waals surface area contributed by atoms with Crippen LogP contribution < -0.4 is 0 Å². The molecule has 1 spiro atoms. The molecule has 3 heterocycles. The zero-order valence-corrected chi connectivity index (χ0v) is 34.7. The van der Waals surface area contributed by atoms with Crippen LogP contribution in [0.25, 0.3) is 0 Å². The lowest BCUT2D eigenvalue weighted by molar-refractivity contribution is -0.349. The van der Waals surface area contributed by atoms with Gasteiger partial charge in [-0.05, 0) is 89.4 Å². The highest BCUT2D eigenvalue weighted by Crippen LogP contribution is 2.47. The van der Waals surface area contributed by atoms with Crippen LogP contribution in [0.2, 0.25) is 0 Å². The lowest BCUT2D eigenvalue weighted by atomic mass is 9.78. The summed E-state index contributed by atoms with van der Waals surface area (Å²) in [5.74, 6) is -2.65. The fourth-order valence-electron chi connectivity index (χ4n) is 8.64. The van der Waals surface area contributed by atoms with Gasteiger partial charge in [-0.15, -0.1) is 0 Å². The van der Waals surface area contributed by atoms with Crippen molar-refractivity contribution in [2.75, 3.05) is 13.7 Å². The Hall–Kier alpha value is -1.67. The van der Waals surface area contributed by atoms with Crippen LogP contribution >= 0.6 is 0 Å². The summed E-state index contributed by atoms with van der Waals surface area (Å²) in [4.78, 5) is 13.6. The van der Waals surface area contributed by atoms with Crippen molar-refractivity contribution in [1.29, 1.82) is 0 Å². The summed E-state index contributed by atoms with van der Waals surface area (Å²) in [7, 11) is 1.52. The highest BCUT2D eigenvalue weighted by atomic mass is 16.7. The Morgan fingerprint density at radius 1 is 0.909 bits per heavy atom. The lowest BCUT2D eigenvalue weighted by Gasteiger charge is -2.52. The first-order chi connectivity index (χ1) is 26.1. The summed E-state index contributed by atoms with van der Waals surface area (Å²) < 4.78 is 25.6. The van der Waals surface area contributed by atoms with Crippen LogP contribution in [0.15, 0.2) is 36.5 Å². The molecule has 0 aromatic heterocycles. The lowest BCUT2D eigenvalue weighted by Crippen LogP contribution is -2.58. The minimum atomic E-state index is -0.981. The van der Waals surface area contributed by atoms with Gasteiger partial charge in [-0.3, -0.25) is 0 Å². The average Bonchev–Trinajstić information content (AvgIpc) is 3.15. The van der Waals surface area contributed by atoms with E-state index in [1.807, 2.05) is 25.2 Å². The van der Waals surface area contributed by atoms with Gasteiger partial charge in [0, 0.05) is 56.3 Å². The van der Waals surface area contributed by atoms with Gasteiger partial charge >= 0.3 is 5.97 Å². The smallest absolute Gasteiger partial charge is 0.330 e. The number of esters is 1. The fourth-order valence-corrected chi connectivity index (χ4v) is 8.64. The summed E-state index contributed by atoms with van der Waals surface area (Å²) in [6, 6.07) is 0. The maximum atomic E-state index is 13.6. The summed E-state index contributed by atoms with van der Waals surface area (Å²) in [6.45, 7) is 11.4. The van der Waals surface area contributed by atoms with E-state index in [2.05, 4.69) is 19.9 Å². The van der Waals surface area contributed by atoms with Crippen LogP contribution in [-0.4, -0.2) is 111 Å². The minimum Gasteiger partial charge on any atom is -0.459 e. The molecule has 11 heteroatoms. The third-order valence-electron chi connectivity index (χ3n) is 12.7. The first kappa shape index (κ1) is 47.7. The number of carbonyl (C=O) groups is 1. The van der Waals surface area contributed by atoms with Crippen molar-refractivity contribution in [3.8, 4) is 0 Å². The van der Waals surface area contributed by atoms with Crippen molar-refractivity contribution < 1.29 is 54.4 Å². The number of hydrogen-bond acceptors (Lipinski definition) is 11. The maximum absolute atomic E-state index is 13.6. The van der Waals surface area contributed by atoms with Gasteiger partial charge in [-0.2, -0.15) is 0 Å². The highest BCUT2D eigenvalue weighted by Gasteiger charge is 2.52. The third-order valence-corrected chi connectivity index (χ3v) is 12.7. The Balaban J connectivity index is 1.95. The van der Waals surface area contributed by atoms with E-state index in [1.165, 1.54) is 13.2 Å². The van der Waals surface area contributed by atoms with Gasteiger partial charge in [0.25, 0.3) is 0 Å². The monoisotopic (exact) mass is 781 g/mol.